The zero-order valence-electron chi connectivity index (χ0n) is 10.5. The third-order valence-electron chi connectivity index (χ3n) is 4.60. The highest BCUT2D eigenvalue weighted by Gasteiger charge is 2.41. The Morgan fingerprint density at radius 1 is 1.32 bits per heavy atom. The second-order valence-electron chi connectivity index (χ2n) is 5.86. The van der Waals surface area contributed by atoms with Crippen molar-refractivity contribution in [1.82, 2.24) is 4.57 Å². The molecule has 2 aliphatic carbocycles. The van der Waals surface area contributed by atoms with E-state index >= 15 is 0 Å². The van der Waals surface area contributed by atoms with E-state index in [9.17, 15) is 18.0 Å². The van der Waals surface area contributed by atoms with Gasteiger partial charge in [0, 0.05) is 24.5 Å². The van der Waals surface area contributed by atoms with E-state index in [0.29, 0.717) is 5.92 Å². The van der Waals surface area contributed by atoms with Crippen LogP contribution in [-0.4, -0.2) is 16.5 Å². The quantitative estimate of drug-likeness (QED) is 0.769. The predicted octanol–water partition coefficient (Wildman–Crippen LogP) is 3.67. The lowest BCUT2D eigenvalue weighted by atomic mass is 9.89. The molecular weight excluding hydrogens is 255 g/mol. The minimum Gasteiger partial charge on any atom is -0.353 e. The van der Waals surface area contributed by atoms with Gasteiger partial charge in [-0.15, -0.1) is 0 Å². The van der Waals surface area contributed by atoms with E-state index < -0.39 is 12.0 Å². The lowest BCUT2D eigenvalue weighted by Gasteiger charge is -2.21. The van der Waals surface area contributed by atoms with Crippen LogP contribution in [0.3, 0.4) is 0 Å². The molecule has 2 saturated carbocycles. The van der Waals surface area contributed by atoms with Gasteiger partial charge < -0.3 is 4.57 Å². The molecule has 19 heavy (non-hydrogen) atoms. The Morgan fingerprint density at radius 3 is 2.68 bits per heavy atom. The largest absolute Gasteiger partial charge is 0.454 e. The van der Waals surface area contributed by atoms with E-state index in [-0.39, 0.29) is 5.56 Å². The molecule has 2 aliphatic rings. The average molecular weight is 271 g/mol. The van der Waals surface area contributed by atoms with Crippen molar-refractivity contribution in [3.63, 3.8) is 0 Å². The number of aromatic nitrogens is 1. The smallest absolute Gasteiger partial charge is 0.353 e. The molecule has 5 heteroatoms. The first-order valence-electron chi connectivity index (χ1n) is 6.71. The second-order valence-corrected chi connectivity index (χ2v) is 5.86. The predicted molar refractivity (Wildman–Crippen MR) is 63.8 cm³/mol. The molecule has 3 unspecified atom stereocenters. The lowest BCUT2D eigenvalue weighted by Crippen LogP contribution is -2.22. The van der Waals surface area contributed by atoms with Gasteiger partial charge in [-0.3, -0.25) is 4.79 Å². The molecule has 104 valence electrons. The minimum absolute atomic E-state index is 0.254. The van der Waals surface area contributed by atoms with Crippen molar-refractivity contribution in [1.29, 1.82) is 0 Å². The molecule has 0 saturated heterocycles. The molecule has 2 bridgehead atoms. The first kappa shape index (κ1) is 12.8. The highest BCUT2D eigenvalue weighted by atomic mass is 19.4. The molecule has 0 amide bonds. The molecule has 2 nitrogen and oxygen atoms in total. The number of hydrogen-bond acceptors (Lipinski definition) is 1. The summed E-state index contributed by atoms with van der Waals surface area (Å²) in [6.07, 6.45) is 3.17. The van der Waals surface area contributed by atoms with Gasteiger partial charge in [-0.05, 0) is 43.1 Å². The van der Waals surface area contributed by atoms with Gasteiger partial charge in [0.1, 0.15) is 0 Å². The van der Waals surface area contributed by atoms with Crippen molar-refractivity contribution >= 4 is 5.78 Å². The molecule has 0 aromatic carbocycles. The molecule has 1 aromatic heterocycles. The Balaban J connectivity index is 1.67. The van der Waals surface area contributed by atoms with E-state index in [1.54, 1.807) is 10.8 Å². The van der Waals surface area contributed by atoms with Gasteiger partial charge in [0.25, 0.3) is 5.78 Å². The molecule has 0 aliphatic heterocycles. The molecule has 2 fully saturated rings. The lowest BCUT2D eigenvalue weighted by molar-refractivity contribution is -0.0885. The highest BCUT2D eigenvalue weighted by molar-refractivity contribution is 6.00. The van der Waals surface area contributed by atoms with Crippen LogP contribution in [-0.2, 0) is 6.54 Å². The Bertz CT molecular complexity index is 491. The van der Waals surface area contributed by atoms with Crippen molar-refractivity contribution in [2.75, 3.05) is 0 Å². The molecular formula is C14H16F3NO. The fourth-order valence-corrected chi connectivity index (χ4v) is 3.72. The number of alkyl halides is 3. The van der Waals surface area contributed by atoms with Crippen LogP contribution in [0.15, 0.2) is 18.5 Å². The van der Waals surface area contributed by atoms with Gasteiger partial charge >= 0.3 is 6.18 Å². The van der Waals surface area contributed by atoms with Gasteiger partial charge in [0.2, 0.25) is 0 Å². The first-order valence-corrected chi connectivity index (χ1v) is 6.71. The summed E-state index contributed by atoms with van der Waals surface area (Å²) < 4.78 is 38.7. The van der Waals surface area contributed by atoms with Crippen molar-refractivity contribution < 1.29 is 18.0 Å². The van der Waals surface area contributed by atoms with Gasteiger partial charge in [0.15, 0.2) is 0 Å². The second kappa shape index (κ2) is 4.39. The third kappa shape index (κ3) is 2.42. The molecule has 3 rings (SSSR count). The fourth-order valence-electron chi connectivity index (χ4n) is 3.72. The molecule has 0 spiro atoms. The van der Waals surface area contributed by atoms with Crippen LogP contribution in [0.1, 0.15) is 36.0 Å². The zero-order valence-corrected chi connectivity index (χ0v) is 10.5. The van der Waals surface area contributed by atoms with Crippen molar-refractivity contribution in [2.45, 2.75) is 38.4 Å². The molecule has 3 atom stereocenters. The van der Waals surface area contributed by atoms with Crippen LogP contribution in [0.2, 0.25) is 0 Å². The number of carbonyl (C=O) groups is 1. The van der Waals surface area contributed by atoms with Gasteiger partial charge in [-0.1, -0.05) is 6.42 Å². The first-order chi connectivity index (χ1) is 8.93. The maximum absolute atomic E-state index is 12.3. The highest BCUT2D eigenvalue weighted by Crippen LogP contribution is 2.48. The van der Waals surface area contributed by atoms with Crippen LogP contribution in [0.25, 0.3) is 0 Å². The molecule has 0 N–H and O–H groups in total. The Kier molecular flexibility index (Phi) is 2.95. The van der Waals surface area contributed by atoms with Crippen LogP contribution in [0, 0.1) is 17.8 Å². The van der Waals surface area contributed by atoms with Crippen LogP contribution in [0.5, 0.6) is 0 Å². The summed E-state index contributed by atoms with van der Waals surface area (Å²) in [5.41, 5.74) is -0.254. The maximum atomic E-state index is 12.3. The van der Waals surface area contributed by atoms with Crippen LogP contribution >= 0.6 is 0 Å². The minimum atomic E-state index is -4.78. The van der Waals surface area contributed by atoms with E-state index in [4.69, 9.17) is 0 Å². The van der Waals surface area contributed by atoms with E-state index in [2.05, 4.69) is 0 Å². The number of hydrogen-bond donors (Lipinski definition) is 0. The number of nitrogens with zero attached hydrogens (tertiary/aromatic N) is 1. The summed E-state index contributed by atoms with van der Waals surface area (Å²) in [4.78, 5) is 11.1. The fraction of sp³-hybridized carbons (Fsp3) is 0.643. The standard InChI is InChI=1S/C14H16F3NO/c15-14(16,17)13(19)11-3-4-18(7-11)8-12-6-9-1-2-10(12)5-9/h3-4,7,9-10,12H,1-2,5-6,8H2. The number of halogens is 3. The summed E-state index contributed by atoms with van der Waals surface area (Å²) in [6.45, 7) is 0.742. The molecule has 0 radical (unpaired) electrons. The number of ketones is 1. The van der Waals surface area contributed by atoms with E-state index in [1.807, 2.05) is 0 Å². The normalized spacial score (nSPS) is 29.9. The summed E-state index contributed by atoms with van der Waals surface area (Å²) in [6, 6.07) is 1.27. The van der Waals surface area contributed by atoms with Crippen LogP contribution < -0.4 is 0 Å². The monoisotopic (exact) mass is 271 g/mol. The van der Waals surface area contributed by atoms with E-state index in [0.717, 1.165) is 18.4 Å². The summed E-state index contributed by atoms with van der Waals surface area (Å²) >= 11 is 0. The number of fused-ring (bicyclic) bond motifs is 2. The number of carbonyl (C=O) groups excluding carboxylic acids is 1. The molecule has 1 heterocycles. The zero-order chi connectivity index (χ0) is 13.6. The Labute approximate surface area is 109 Å². The summed E-state index contributed by atoms with van der Waals surface area (Å²) in [7, 11) is 0. The SMILES string of the molecule is O=C(c1ccn(CC2CC3CCC2C3)c1)C(F)(F)F. The van der Waals surface area contributed by atoms with Crippen LogP contribution in [0.4, 0.5) is 13.2 Å². The van der Waals surface area contributed by atoms with Crippen molar-refractivity contribution in [2.24, 2.45) is 17.8 Å². The van der Waals surface area contributed by atoms with Gasteiger partial charge in [0.05, 0.1) is 0 Å². The van der Waals surface area contributed by atoms with Crippen molar-refractivity contribution in [3.05, 3.63) is 24.0 Å². The summed E-state index contributed by atoms with van der Waals surface area (Å²) in [5.74, 6) is 0.371. The van der Waals surface area contributed by atoms with Gasteiger partial charge in [-0.25, -0.2) is 0 Å². The maximum Gasteiger partial charge on any atom is 0.454 e. The Morgan fingerprint density at radius 2 is 2.11 bits per heavy atom. The topological polar surface area (TPSA) is 22.0 Å². The molecule has 1 aromatic rings. The summed E-state index contributed by atoms with van der Waals surface area (Å²) in [5, 5.41) is 0. The number of rotatable bonds is 3. The third-order valence-corrected chi connectivity index (χ3v) is 4.60. The van der Waals surface area contributed by atoms with Crippen molar-refractivity contribution in [3.8, 4) is 0 Å². The van der Waals surface area contributed by atoms with E-state index in [1.165, 1.54) is 37.9 Å². The average Bonchev–Trinajstić information content (AvgIpc) is 3.02. The number of Topliss-reactive ketones (excluding diaryl/α,β-unsaturated/α-hetero) is 1. The van der Waals surface area contributed by atoms with Gasteiger partial charge in [-0.2, -0.15) is 13.2 Å². The Hall–Kier alpha value is -1.26.